The number of benzene rings is 1. The monoisotopic (exact) mass is 419 g/mol. The number of hydrogen-bond donors (Lipinski definition) is 0. The summed E-state index contributed by atoms with van der Waals surface area (Å²) in [5.74, 6) is -0.00739. The van der Waals surface area contributed by atoms with Gasteiger partial charge in [0.15, 0.2) is 0 Å². The lowest BCUT2D eigenvalue weighted by Crippen LogP contribution is -2.38. The van der Waals surface area contributed by atoms with Crippen LogP contribution < -0.4 is 0 Å². The summed E-state index contributed by atoms with van der Waals surface area (Å²) < 4.78 is 0. The molecule has 0 bridgehead atoms. The van der Waals surface area contributed by atoms with E-state index in [4.69, 9.17) is 11.6 Å². The third-order valence-corrected chi connectivity index (χ3v) is 6.41. The topological polar surface area (TPSA) is 53.5 Å². The Morgan fingerprint density at radius 3 is 2.46 bits per heavy atom. The van der Waals surface area contributed by atoms with Crippen molar-refractivity contribution in [2.75, 3.05) is 26.2 Å². The van der Waals surface area contributed by atoms with Crippen LogP contribution in [0.5, 0.6) is 0 Å². The van der Waals surface area contributed by atoms with Gasteiger partial charge in [0.1, 0.15) is 0 Å². The maximum atomic E-state index is 12.8. The second-order valence-electron chi connectivity index (χ2n) is 8.08. The standard InChI is InChI=1S/C21H26ClN3O2S/c1-21(2,3)20-23-15(14-28-20)13-18(26)24-9-6-10-25(12-11-24)19(27)16-7-4-5-8-17(16)22/h4-5,7-8,14H,6,9-13H2,1-3H3. The zero-order valence-corrected chi connectivity index (χ0v) is 18.1. The van der Waals surface area contributed by atoms with E-state index in [1.807, 2.05) is 22.4 Å². The van der Waals surface area contributed by atoms with Crippen molar-refractivity contribution in [1.82, 2.24) is 14.8 Å². The molecule has 0 atom stereocenters. The summed E-state index contributed by atoms with van der Waals surface area (Å²) in [5.41, 5.74) is 1.34. The van der Waals surface area contributed by atoms with Crippen LogP contribution in [0.25, 0.3) is 0 Å². The van der Waals surface area contributed by atoms with Crippen molar-refractivity contribution in [3.8, 4) is 0 Å². The molecule has 1 fully saturated rings. The molecule has 7 heteroatoms. The lowest BCUT2D eigenvalue weighted by molar-refractivity contribution is -0.130. The van der Waals surface area contributed by atoms with E-state index in [2.05, 4.69) is 25.8 Å². The van der Waals surface area contributed by atoms with Crippen LogP contribution in [-0.4, -0.2) is 52.8 Å². The molecule has 3 rings (SSSR count). The number of thiazole rings is 1. The van der Waals surface area contributed by atoms with E-state index >= 15 is 0 Å². The molecule has 1 aliphatic heterocycles. The third-order valence-electron chi connectivity index (χ3n) is 4.77. The van der Waals surface area contributed by atoms with E-state index in [-0.39, 0.29) is 17.2 Å². The predicted molar refractivity (Wildman–Crippen MR) is 113 cm³/mol. The highest BCUT2D eigenvalue weighted by molar-refractivity contribution is 7.09. The van der Waals surface area contributed by atoms with Gasteiger partial charge in [-0.25, -0.2) is 4.98 Å². The molecule has 1 aliphatic rings. The summed E-state index contributed by atoms with van der Waals surface area (Å²) in [5, 5.41) is 3.48. The van der Waals surface area contributed by atoms with Gasteiger partial charge in [0.2, 0.25) is 5.91 Å². The van der Waals surface area contributed by atoms with Crippen LogP contribution in [0.2, 0.25) is 5.02 Å². The highest BCUT2D eigenvalue weighted by Gasteiger charge is 2.25. The first-order valence-corrected chi connectivity index (χ1v) is 10.8. The molecule has 0 aliphatic carbocycles. The first kappa shape index (κ1) is 20.8. The molecule has 2 amide bonds. The molecule has 0 unspecified atom stereocenters. The van der Waals surface area contributed by atoms with Crippen molar-refractivity contribution in [3.63, 3.8) is 0 Å². The summed E-state index contributed by atoms with van der Waals surface area (Å²) in [7, 11) is 0. The molecule has 2 heterocycles. The molecule has 0 N–H and O–H groups in total. The molecule has 0 spiro atoms. The Labute approximate surface area is 175 Å². The van der Waals surface area contributed by atoms with Crippen molar-refractivity contribution in [2.45, 2.75) is 39.0 Å². The largest absolute Gasteiger partial charge is 0.341 e. The number of nitrogens with zero attached hydrogens (tertiary/aromatic N) is 3. The van der Waals surface area contributed by atoms with Gasteiger partial charge in [0, 0.05) is 37.0 Å². The van der Waals surface area contributed by atoms with Gasteiger partial charge in [-0.15, -0.1) is 11.3 Å². The quantitative estimate of drug-likeness (QED) is 0.755. The van der Waals surface area contributed by atoms with Crippen LogP contribution in [0.4, 0.5) is 0 Å². The van der Waals surface area contributed by atoms with E-state index in [0.717, 1.165) is 17.1 Å². The second-order valence-corrected chi connectivity index (χ2v) is 9.34. The van der Waals surface area contributed by atoms with Crippen molar-refractivity contribution >= 4 is 34.8 Å². The summed E-state index contributed by atoms with van der Waals surface area (Å²) >= 11 is 7.77. The first-order valence-electron chi connectivity index (χ1n) is 9.52. The van der Waals surface area contributed by atoms with Crippen LogP contribution in [0.1, 0.15) is 48.3 Å². The van der Waals surface area contributed by atoms with Crippen molar-refractivity contribution in [3.05, 3.63) is 50.9 Å². The van der Waals surface area contributed by atoms with Crippen molar-refractivity contribution < 1.29 is 9.59 Å². The van der Waals surface area contributed by atoms with Crippen LogP contribution >= 0.6 is 22.9 Å². The normalized spacial score (nSPS) is 15.4. The Balaban J connectivity index is 1.60. The van der Waals surface area contributed by atoms with Crippen LogP contribution in [0, 0.1) is 0 Å². The number of rotatable bonds is 3. The van der Waals surface area contributed by atoms with E-state index < -0.39 is 0 Å². The number of halogens is 1. The molecular weight excluding hydrogens is 394 g/mol. The van der Waals surface area contributed by atoms with Gasteiger partial charge in [0.25, 0.3) is 5.91 Å². The predicted octanol–water partition coefficient (Wildman–Crippen LogP) is 4.01. The minimum atomic E-state index is -0.0748. The SMILES string of the molecule is CC(C)(C)c1nc(CC(=O)N2CCCN(C(=O)c3ccccc3Cl)CC2)cs1. The molecule has 1 aromatic heterocycles. The summed E-state index contributed by atoms with van der Waals surface area (Å²) in [4.78, 5) is 33.8. The molecule has 28 heavy (non-hydrogen) atoms. The zero-order chi connectivity index (χ0) is 20.3. The Hall–Kier alpha value is -1.92. The maximum Gasteiger partial charge on any atom is 0.255 e. The fourth-order valence-corrected chi connectivity index (χ4v) is 4.30. The second kappa shape index (κ2) is 8.62. The van der Waals surface area contributed by atoms with Gasteiger partial charge in [-0.05, 0) is 18.6 Å². The third kappa shape index (κ3) is 4.92. The summed E-state index contributed by atoms with van der Waals surface area (Å²) in [6.07, 6.45) is 1.07. The van der Waals surface area contributed by atoms with Gasteiger partial charge < -0.3 is 9.80 Å². The first-order chi connectivity index (χ1) is 13.3. The fraction of sp³-hybridized carbons (Fsp3) is 0.476. The van der Waals surface area contributed by atoms with Crippen LogP contribution in [-0.2, 0) is 16.6 Å². The van der Waals surface area contributed by atoms with Crippen molar-refractivity contribution in [1.29, 1.82) is 0 Å². The molecule has 1 aromatic carbocycles. The van der Waals surface area contributed by atoms with Crippen LogP contribution in [0.15, 0.2) is 29.6 Å². The van der Waals surface area contributed by atoms with Gasteiger partial charge >= 0.3 is 0 Å². The van der Waals surface area contributed by atoms with E-state index in [1.54, 1.807) is 28.4 Å². The van der Waals surface area contributed by atoms with Gasteiger partial charge in [-0.2, -0.15) is 0 Å². The van der Waals surface area contributed by atoms with Gasteiger partial charge in [-0.3, -0.25) is 9.59 Å². The van der Waals surface area contributed by atoms with Gasteiger partial charge in [0.05, 0.1) is 27.7 Å². The lowest BCUT2D eigenvalue weighted by Gasteiger charge is -2.22. The fourth-order valence-electron chi connectivity index (χ4n) is 3.17. The van der Waals surface area contributed by atoms with E-state index in [0.29, 0.717) is 43.2 Å². The number of hydrogen-bond acceptors (Lipinski definition) is 4. The Morgan fingerprint density at radius 1 is 1.11 bits per heavy atom. The summed E-state index contributed by atoms with van der Waals surface area (Å²) in [6.45, 7) is 8.69. The lowest BCUT2D eigenvalue weighted by atomic mass is 9.98. The summed E-state index contributed by atoms with van der Waals surface area (Å²) in [6, 6.07) is 7.09. The Kier molecular flexibility index (Phi) is 6.40. The highest BCUT2D eigenvalue weighted by atomic mass is 35.5. The highest BCUT2D eigenvalue weighted by Crippen LogP contribution is 2.26. The number of carbonyl (C=O) groups excluding carboxylic acids is 2. The molecule has 2 aromatic rings. The van der Waals surface area contributed by atoms with Gasteiger partial charge in [-0.1, -0.05) is 44.5 Å². The smallest absolute Gasteiger partial charge is 0.255 e. The molecule has 5 nitrogen and oxygen atoms in total. The number of carbonyl (C=O) groups is 2. The molecule has 1 saturated heterocycles. The molecule has 150 valence electrons. The Morgan fingerprint density at radius 2 is 1.79 bits per heavy atom. The van der Waals surface area contributed by atoms with E-state index in [9.17, 15) is 9.59 Å². The van der Waals surface area contributed by atoms with Crippen molar-refractivity contribution in [2.24, 2.45) is 0 Å². The average Bonchev–Trinajstić information content (AvgIpc) is 2.97. The van der Waals surface area contributed by atoms with Crippen LogP contribution in [0.3, 0.4) is 0 Å². The number of aromatic nitrogens is 1. The zero-order valence-electron chi connectivity index (χ0n) is 16.6. The minimum Gasteiger partial charge on any atom is -0.341 e. The Bertz CT molecular complexity index is 859. The number of amides is 2. The molecular formula is C21H26ClN3O2S. The van der Waals surface area contributed by atoms with E-state index in [1.165, 1.54) is 0 Å². The molecule has 0 radical (unpaired) electrons. The molecule has 0 saturated carbocycles. The average molecular weight is 420 g/mol. The maximum absolute atomic E-state index is 12.8. The minimum absolute atomic E-state index is 0.00581.